The summed E-state index contributed by atoms with van der Waals surface area (Å²) in [5.74, 6) is 2.27. The van der Waals surface area contributed by atoms with Crippen LogP contribution in [-0.2, 0) is 6.54 Å². The number of aromatic nitrogens is 4. The van der Waals surface area contributed by atoms with E-state index in [9.17, 15) is 0 Å². The lowest BCUT2D eigenvalue weighted by atomic mass is 10.1. The highest BCUT2D eigenvalue weighted by molar-refractivity contribution is 7.19. The fourth-order valence-corrected chi connectivity index (χ4v) is 4.12. The summed E-state index contributed by atoms with van der Waals surface area (Å²) in [5, 5.41) is 14.2. The minimum atomic E-state index is 0.688. The number of fused-ring (bicyclic) bond motifs is 1. The molecule has 0 aliphatic carbocycles. The van der Waals surface area contributed by atoms with Crippen LogP contribution in [0, 0.1) is 0 Å². The van der Waals surface area contributed by atoms with Gasteiger partial charge in [0, 0.05) is 0 Å². The second-order valence-corrected chi connectivity index (χ2v) is 7.05. The van der Waals surface area contributed by atoms with E-state index in [-0.39, 0.29) is 0 Å². The number of para-hydroxylation sites is 1. The third kappa shape index (κ3) is 3.07. The molecule has 1 fully saturated rings. The average Bonchev–Trinajstić information content (AvgIpc) is 3.23. The molecule has 0 spiro atoms. The Kier molecular flexibility index (Phi) is 4.54. The number of ether oxygens (including phenoxy) is 2. The molecular weight excluding hydrogens is 338 g/mol. The number of benzene rings is 1. The van der Waals surface area contributed by atoms with Gasteiger partial charge in [-0.2, -0.15) is 9.61 Å². The zero-order valence-corrected chi connectivity index (χ0v) is 15.3. The summed E-state index contributed by atoms with van der Waals surface area (Å²) in [6.45, 7) is 3.03. The first-order valence-electron chi connectivity index (χ1n) is 8.45. The summed E-state index contributed by atoms with van der Waals surface area (Å²) in [6, 6.07) is 5.80. The minimum absolute atomic E-state index is 0.688. The first-order chi connectivity index (χ1) is 12.3. The summed E-state index contributed by atoms with van der Waals surface area (Å²) in [4.78, 5) is 3.22. The van der Waals surface area contributed by atoms with Crippen LogP contribution in [0.5, 0.6) is 11.5 Å². The highest BCUT2D eigenvalue weighted by atomic mass is 32.1. The first-order valence-corrected chi connectivity index (χ1v) is 9.26. The monoisotopic (exact) mass is 359 g/mol. The van der Waals surface area contributed by atoms with Gasteiger partial charge in [0.05, 0.1) is 26.3 Å². The van der Waals surface area contributed by atoms with Gasteiger partial charge in [0.15, 0.2) is 22.3 Å². The maximum Gasteiger partial charge on any atom is 0.235 e. The molecule has 1 saturated heterocycles. The van der Waals surface area contributed by atoms with Crippen LogP contribution in [0.1, 0.15) is 25.1 Å². The van der Waals surface area contributed by atoms with E-state index in [0.29, 0.717) is 11.5 Å². The fourth-order valence-electron chi connectivity index (χ4n) is 3.24. The normalized spacial score (nSPS) is 15.6. The zero-order chi connectivity index (χ0) is 17.2. The molecule has 132 valence electrons. The largest absolute Gasteiger partial charge is 0.493 e. The molecule has 1 aliphatic rings. The van der Waals surface area contributed by atoms with E-state index in [4.69, 9.17) is 14.6 Å². The van der Waals surface area contributed by atoms with Crippen molar-refractivity contribution in [2.75, 3.05) is 27.3 Å². The molecule has 2 aromatic heterocycles. The van der Waals surface area contributed by atoms with Crippen LogP contribution in [0.4, 0.5) is 0 Å². The standard InChI is InChI=1S/C17H21N5O2S/c1-23-13-8-6-7-12(15(13)24-2)16-20-22-14(18-19-17(22)25-16)11-21-9-4-3-5-10-21/h6-8H,3-5,9-11H2,1-2H3. The van der Waals surface area contributed by atoms with Gasteiger partial charge in [-0.3, -0.25) is 4.90 Å². The number of piperidine rings is 1. The summed E-state index contributed by atoms with van der Waals surface area (Å²) in [6.07, 6.45) is 3.83. The molecule has 0 N–H and O–H groups in total. The van der Waals surface area contributed by atoms with Crippen molar-refractivity contribution in [2.24, 2.45) is 0 Å². The van der Waals surface area contributed by atoms with Gasteiger partial charge in [-0.05, 0) is 38.1 Å². The number of likely N-dealkylation sites (tertiary alicyclic amines) is 1. The number of rotatable bonds is 5. The number of hydrogen-bond acceptors (Lipinski definition) is 7. The predicted molar refractivity (Wildman–Crippen MR) is 96.3 cm³/mol. The van der Waals surface area contributed by atoms with E-state index in [1.54, 1.807) is 14.2 Å². The molecule has 0 atom stereocenters. The van der Waals surface area contributed by atoms with Crippen molar-refractivity contribution >= 4 is 16.3 Å². The molecule has 4 rings (SSSR count). The highest BCUT2D eigenvalue weighted by Gasteiger charge is 2.20. The van der Waals surface area contributed by atoms with Gasteiger partial charge < -0.3 is 9.47 Å². The molecule has 3 heterocycles. The molecule has 7 nitrogen and oxygen atoms in total. The second kappa shape index (κ2) is 6.97. The predicted octanol–water partition coefficient (Wildman–Crippen LogP) is 2.86. The van der Waals surface area contributed by atoms with Gasteiger partial charge in [0.2, 0.25) is 4.96 Å². The summed E-state index contributed by atoms with van der Waals surface area (Å²) < 4.78 is 12.8. The molecule has 25 heavy (non-hydrogen) atoms. The summed E-state index contributed by atoms with van der Waals surface area (Å²) in [7, 11) is 3.28. The Labute approximate surface area is 150 Å². The molecule has 0 saturated carbocycles. The van der Waals surface area contributed by atoms with Crippen LogP contribution in [0.3, 0.4) is 0 Å². The smallest absolute Gasteiger partial charge is 0.235 e. The van der Waals surface area contributed by atoms with Crippen molar-refractivity contribution in [3.63, 3.8) is 0 Å². The second-order valence-electron chi connectivity index (χ2n) is 6.10. The Morgan fingerprint density at radius 2 is 1.92 bits per heavy atom. The Morgan fingerprint density at radius 3 is 2.68 bits per heavy atom. The van der Waals surface area contributed by atoms with Crippen LogP contribution in [0.25, 0.3) is 15.5 Å². The van der Waals surface area contributed by atoms with E-state index in [0.717, 1.165) is 41.0 Å². The van der Waals surface area contributed by atoms with Crippen LogP contribution in [0.2, 0.25) is 0 Å². The number of nitrogens with zero attached hydrogens (tertiary/aromatic N) is 5. The molecule has 8 heteroatoms. The Hall–Kier alpha value is -2.19. The first kappa shape index (κ1) is 16.3. The Morgan fingerprint density at radius 1 is 1.08 bits per heavy atom. The van der Waals surface area contributed by atoms with E-state index < -0.39 is 0 Å². The van der Waals surface area contributed by atoms with Crippen molar-refractivity contribution in [1.29, 1.82) is 0 Å². The van der Waals surface area contributed by atoms with E-state index in [2.05, 4.69) is 15.1 Å². The van der Waals surface area contributed by atoms with Gasteiger partial charge in [0.1, 0.15) is 0 Å². The lowest BCUT2D eigenvalue weighted by molar-refractivity contribution is 0.214. The van der Waals surface area contributed by atoms with Gasteiger partial charge in [0.25, 0.3) is 0 Å². The third-order valence-electron chi connectivity index (χ3n) is 4.50. The number of hydrogen-bond donors (Lipinski definition) is 0. The van der Waals surface area contributed by atoms with E-state index >= 15 is 0 Å². The van der Waals surface area contributed by atoms with Crippen LogP contribution in [-0.4, -0.2) is 52.0 Å². The van der Waals surface area contributed by atoms with Crippen molar-refractivity contribution < 1.29 is 9.47 Å². The van der Waals surface area contributed by atoms with E-state index in [1.807, 2.05) is 22.7 Å². The van der Waals surface area contributed by atoms with Gasteiger partial charge in [-0.25, -0.2) is 0 Å². The lowest BCUT2D eigenvalue weighted by Crippen LogP contribution is -2.30. The van der Waals surface area contributed by atoms with Gasteiger partial charge >= 0.3 is 0 Å². The molecule has 0 radical (unpaired) electrons. The van der Waals surface area contributed by atoms with Crippen molar-refractivity contribution in [3.8, 4) is 22.1 Å². The van der Waals surface area contributed by atoms with Crippen LogP contribution >= 0.6 is 11.3 Å². The van der Waals surface area contributed by atoms with Gasteiger partial charge in [-0.1, -0.05) is 23.8 Å². The minimum Gasteiger partial charge on any atom is -0.493 e. The Balaban J connectivity index is 1.68. The topological polar surface area (TPSA) is 64.8 Å². The Bertz CT molecular complexity index is 869. The molecule has 0 amide bonds. The zero-order valence-electron chi connectivity index (χ0n) is 14.4. The maximum absolute atomic E-state index is 5.53. The SMILES string of the molecule is COc1cccc(-c2nn3c(CN4CCCCC4)nnc3s2)c1OC. The third-order valence-corrected chi connectivity index (χ3v) is 5.43. The quantitative estimate of drug-likeness (QED) is 0.698. The summed E-state index contributed by atoms with van der Waals surface area (Å²) >= 11 is 1.51. The fraction of sp³-hybridized carbons (Fsp3) is 0.471. The highest BCUT2D eigenvalue weighted by Crippen LogP contribution is 2.39. The van der Waals surface area contributed by atoms with Gasteiger partial charge in [-0.15, -0.1) is 10.2 Å². The van der Waals surface area contributed by atoms with Crippen molar-refractivity contribution in [3.05, 3.63) is 24.0 Å². The molecule has 1 aromatic carbocycles. The van der Waals surface area contributed by atoms with Crippen LogP contribution < -0.4 is 9.47 Å². The molecule has 0 unspecified atom stereocenters. The van der Waals surface area contributed by atoms with E-state index in [1.165, 1.54) is 30.6 Å². The molecular formula is C17H21N5O2S. The average molecular weight is 359 g/mol. The number of methoxy groups -OCH3 is 2. The van der Waals surface area contributed by atoms with Crippen molar-refractivity contribution in [1.82, 2.24) is 24.7 Å². The molecule has 3 aromatic rings. The van der Waals surface area contributed by atoms with Crippen LogP contribution in [0.15, 0.2) is 18.2 Å². The van der Waals surface area contributed by atoms with Crippen molar-refractivity contribution in [2.45, 2.75) is 25.8 Å². The molecule has 1 aliphatic heterocycles. The lowest BCUT2D eigenvalue weighted by Gasteiger charge is -2.25. The maximum atomic E-state index is 5.53. The molecule has 0 bridgehead atoms. The summed E-state index contributed by atoms with van der Waals surface area (Å²) in [5.41, 5.74) is 0.904.